The van der Waals surface area contributed by atoms with Crippen LogP contribution in [0.5, 0.6) is 0 Å². The first-order chi connectivity index (χ1) is 11.4. The predicted molar refractivity (Wildman–Crippen MR) is 101 cm³/mol. The van der Waals surface area contributed by atoms with Crippen molar-refractivity contribution in [2.45, 2.75) is 38.5 Å². The maximum atomic E-state index is 12.8. The number of hydrogen-bond acceptors (Lipinski definition) is 7. The summed E-state index contributed by atoms with van der Waals surface area (Å²) in [6, 6.07) is 3.46. The van der Waals surface area contributed by atoms with E-state index in [0.717, 1.165) is 16.5 Å². The maximum absolute atomic E-state index is 12.8. The molecule has 0 saturated carbocycles. The third-order valence-corrected chi connectivity index (χ3v) is 7.18. The lowest BCUT2D eigenvalue weighted by molar-refractivity contribution is 0.225. The van der Waals surface area contributed by atoms with Crippen molar-refractivity contribution < 1.29 is 18.0 Å². The molecule has 24 heavy (non-hydrogen) atoms. The van der Waals surface area contributed by atoms with E-state index in [9.17, 15) is 4.57 Å². The molecule has 134 valence electrons. The summed E-state index contributed by atoms with van der Waals surface area (Å²) < 4.78 is 30.3. The highest BCUT2D eigenvalue weighted by molar-refractivity contribution is 8.00. The van der Waals surface area contributed by atoms with Crippen molar-refractivity contribution in [3.05, 3.63) is 17.0 Å². The third-order valence-electron chi connectivity index (χ3n) is 3.14. The first-order valence-corrected chi connectivity index (χ1v) is 11.6. The van der Waals surface area contributed by atoms with Gasteiger partial charge < -0.3 is 13.5 Å². The van der Waals surface area contributed by atoms with Crippen LogP contribution in [0.25, 0.3) is 11.5 Å². The zero-order chi connectivity index (χ0) is 17.7. The Bertz CT molecular complexity index is 701. The monoisotopic (exact) mass is 389 g/mol. The van der Waals surface area contributed by atoms with Gasteiger partial charge in [0.15, 0.2) is 10.1 Å². The van der Waals surface area contributed by atoms with Gasteiger partial charge in [0.1, 0.15) is 5.69 Å². The van der Waals surface area contributed by atoms with Gasteiger partial charge in [0.05, 0.1) is 13.2 Å². The van der Waals surface area contributed by atoms with Gasteiger partial charge in [0, 0.05) is 4.88 Å². The molecule has 0 radical (unpaired) electrons. The van der Waals surface area contributed by atoms with Gasteiger partial charge in [0.2, 0.25) is 5.50 Å². The van der Waals surface area contributed by atoms with Gasteiger partial charge in [0.25, 0.3) is 0 Å². The molecular weight excluding hydrogens is 365 g/mol. The van der Waals surface area contributed by atoms with E-state index in [-0.39, 0.29) is 5.50 Å². The van der Waals surface area contributed by atoms with Gasteiger partial charge in [-0.15, -0.1) is 11.3 Å². The fraction of sp³-hybridized carbons (Fsp3) is 0.562. The SMILES string of the molecule is CCOP(=O)(OCC)c1ccc(-c2nc(SC)sc2CC(C)C)o1. The molecule has 0 amide bonds. The minimum absolute atomic E-state index is 0.232. The van der Waals surface area contributed by atoms with E-state index < -0.39 is 7.60 Å². The Morgan fingerprint density at radius 3 is 2.50 bits per heavy atom. The minimum atomic E-state index is -3.41. The lowest BCUT2D eigenvalue weighted by Gasteiger charge is -2.13. The molecule has 2 heterocycles. The molecule has 0 fully saturated rings. The van der Waals surface area contributed by atoms with Crippen LogP contribution in [-0.4, -0.2) is 24.5 Å². The molecule has 5 nitrogen and oxygen atoms in total. The number of furan rings is 1. The standard InChI is InChI=1S/C16H24NO4PS2/c1-6-19-22(18,20-7-2)14-9-8-12(21-14)15-13(10-11(3)4)24-16(17-15)23-5/h8-9,11H,6-7,10H2,1-5H3. The van der Waals surface area contributed by atoms with Gasteiger partial charge in [-0.05, 0) is 44.6 Å². The smallest absolute Gasteiger partial charge is 0.396 e. The largest absolute Gasteiger partial charge is 0.446 e. The molecule has 0 N–H and O–H groups in total. The van der Waals surface area contributed by atoms with E-state index in [1.54, 1.807) is 49.1 Å². The Labute approximate surface area is 151 Å². The van der Waals surface area contributed by atoms with Crippen LogP contribution in [0.1, 0.15) is 32.6 Å². The van der Waals surface area contributed by atoms with Gasteiger partial charge in [-0.1, -0.05) is 25.6 Å². The molecule has 0 aliphatic heterocycles. The van der Waals surface area contributed by atoms with Crippen LogP contribution < -0.4 is 5.50 Å². The summed E-state index contributed by atoms with van der Waals surface area (Å²) in [6.45, 7) is 8.49. The summed E-state index contributed by atoms with van der Waals surface area (Å²) in [6.07, 6.45) is 2.94. The number of aromatic nitrogens is 1. The Morgan fingerprint density at radius 1 is 1.29 bits per heavy atom. The lowest BCUT2D eigenvalue weighted by atomic mass is 10.1. The zero-order valence-corrected chi connectivity index (χ0v) is 17.2. The van der Waals surface area contributed by atoms with Crippen LogP contribution >= 0.6 is 30.7 Å². The fourth-order valence-electron chi connectivity index (χ4n) is 2.23. The Balaban J connectivity index is 2.39. The zero-order valence-electron chi connectivity index (χ0n) is 14.7. The van der Waals surface area contributed by atoms with Crippen LogP contribution in [0.2, 0.25) is 0 Å². The first kappa shape index (κ1) is 19.7. The molecule has 0 aliphatic rings. The molecule has 0 unspecified atom stereocenters. The van der Waals surface area contributed by atoms with Gasteiger partial charge in [-0.2, -0.15) is 0 Å². The molecule has 0 atom stereocenters. The van der Waals surface area contributed by atoms with E-state index in [4.69, 9.17) is 13.5 Å². The van der Waals surface area contributed by atoms with Crippen LogP contribution in [0.15, 0.2) is 20.9 Å². The van der Waals surface area contributed by atoms with Crippen molar-refractivity contribution >= 4 is 36.2 Å². The molecule has 0 aliphatic carbocycles. The first-order valence-electron chi connectivity index (χ1n) is 7.97. The van der Waals surface area contributed by atoms with E-state index in [1.807, 2.05) is 6.26 Å². The second-order valence-corrected chi connectivity index (χ2v) is 9.61. The van der Waals surface area contributed by atoms with E-state index >= 15 is 0 Å². The summed E-state index contributed by atoms with van der Waals surface area (Å²) in [7, 11) is -3.41. The van der Waals surface area contributed by atoms with Crippen molar-refractivity contribution in [1.82, 2.24) is 4.98 Å². The number of thioether (sulfide) groups is 1. The number of rotatable bonds is 9. The summed E-state index contributed by atoms with van der Waals surface area (Å²) in [4.78, 5) is 5.83. The highest BCUT2D eigenvalue weighted by Gasteiger charge is 2.31. The molecular formula is C16H24NO4PS2. The molecule has 8 heteroatoms. The fourth-order valence-corrected chi connectivity index (χ4v) is 5.53. The van der Waals surface area contributed by atoms with Gasteiger partial charge in [-0.25, -0.2) is 4.98 Å². The number of hydrogen-bond donors (Lipinski definition) is 0. The number of thiazole rings is 1. The summed E-state index contributed by atoms with van der Waals surface area (Å²) in [5.41, 5.74) is 1.05. The van der Waals surface area contributed by atoms with Crippen molar-refractivity contribution in [3.8, 4) is 11.5 Å². The highest BCUT2D eigenvalue weighted by atomic mass is 32.2. The second kappa shape index (κ2) is 8.68. The Morgan fingerprint density at radius 2 is 1.96 bits per heavy atom. The van der Waals surface area contributed by atoms with Crippen LogP contribution in [-0.2, 0) is 20.0 Å². The predicted octanol–water partition coefficient (Wildman–Crippen LogP) is 5.21. The Hall–Kier alpha value is -0.590. The highest BCUT2D eigenvalue weighted by Crippen LogP contribution is 2.48. The minimum Gasteiger partial charge on any atom is -0.446 e. The lowest BCUT2D eigenvalue weighted by Crippen LogP contribution is -2.08. The topological polar surface area (TPSA) is 61.6 Å². The van der Waals surface area contributed by atoms with Crippen molar-refractivity contribution in [2.75, 3.05) is 19.5 Å². The molecule has 0 spiro atoms. The van der Waals surface area contributed by atoms with Crippen LogP contribution in [0.4, 0.5) is 0 Å². The van der Waals surface area contributed by atoms with Crippen molar-refractivity contribution in [2.24, 2.45) is 5.92 Å². The second-order valence-electron chi connectivity index (χ2n) is 5.52. The maximum Gasteiger partial charge on any atom is 0.396 e. The summed E-state index contributed by atoms with van der Waals surface area (Å²) in [5.74, 6) is 1.13. The molecule has 2 aromatic rings. The average Bonchev–Trinajstić information content (AvgIpc) is 3.13. The molecule has 0 bridgehead atoms. The van der Waals surface area contributed by atoms with Crippen molar-refractivity contribution in [3.63, 3.8) is 0 Å². The number of nitrogens with zero attached hydrogens (tertiary/aromatic N) is 1. The van der Waals surface area contributed by atoms with Crippen LogP contribution in [0, 0.1) is 5.92 Å². The average molecular weight is 389 g/mol. The van der Waals surface area contributed by atoms with Gasteiger partial charge in [-0.3, -0.25) is 4.57 Å². The van der Waals surface area contributed by atoms with E-state index in [1.165, 1.54) is 4.88 Å². The summed E-state index contributed by atoms with van der Waals surface area (Å²) >= 11 is 3.30. The summed E-state index contributed by atoms with van der Waals surface area (Å²) in [5, 5.41) is 0. The van der Waals surface area contributed by atoms with Gasteiger partial charge >= 0.3 is 7.60 Å². The van der Waals surface area contributed by atoms with Crippen molar-refractivity contribution in [1.29, 1.82) is 0 Å². The molecule has 0 aromatic carbocycles. The molecule has 2 aromatic heterocycles. The quantitative estimate of drug-likeness (QED) is 0.433. The van der Waals surface area contributed by atoms with E-state index in [0.29, 0.717) is 24.9 Å². The molecule has 0 saturated heterocycles. The third kappa shape index (κ3) is 4.52. The van der Waals surface area contributed by atoms with E-state index in [2.05, 4.69) is 18.8 Å². The molecule has 2 rings (SSSR count). The normalized spacial score (nSPS) is 12.2. The van der Waals surface area contributed by atoms with Crippen LogP contribution in [0.3, 0.4) is 0 Å². The Kier molecular flexibility index (Phi) is 7.13.